The third-order valence-electron chi connectivity index (χ3n) is 1.57. The fourth-order valence-corrected chi connectivity index (χ4v) is 0.901. The summed E-state index contributed by atoms with van der Waals surface area (Å²) in [4.78, 5) is 11.1. The summed E-state index contributed by atoms with van der Waals surface area (Å²) in [5.41, 5.74) is 0. The van der Waals surface area contributed by atoms with Crippen molar-refractivity contribution in [3.8, 4) is 0 Å². The van der Waals surface area contributed by atoms with Gasteiger partial charge >= 0.3 is 5.97 Å². The summed E-state index contributed by atoms with van der Waals surface area (Å²) in [7, 11) is 0. The summed E-state index contributed by atoms with van der Waals surface area (Å²) >= 11 is 0. The minimum Gasteiger partial charge on any atom is -0.460 e. The van der Waals surface area contributed by atoms with E-state index in [1.165, 1.54) is 6.26 Å². The lowest BCUT2D eigenvalue weighted by Crippen LogP contribution is -2.18. The van der Waals surface area contributed by atoms with Crippen molar-refractivity contribution in [1.82, 2.24) is 0 Å². The zero-order valence-electron chi connectivity index (χ0n) is 8.07. The Kier molecular flexibility index (Phi) is 3.17. The molecule has 0 aromatic carbocycles. The van der Waals surface area contributed by atoms with E-state index in [1.54, 1.807) is 6.92 Å². The topological polar surface area (TPSA) is 44.8 Å². The van der Waals surface area contributed by atoms with E-state index in [9.17, 15) is 4.79 Å². The van der Waals surface area contributed by atoms with Crippen LogP contribution >= 0.6 is 0 Å². The molecule has 13 heavy (non-hydrogen) atoms. The molecular weight excluding hydrogens is 172 g/mol. The monoisotopic (exact) mass is 186 g/mol. The molecule has 1 heterocycles. The van der Waals surface area contributed by atoms with Crippen molar-refractivity contribution in [2.75, 3.05) is 6.61 Å². The first-order chi connectivity index (χ1) is 6.15. The largest absolute Gasteiger partial charge is 0.460 e. The fourth-order valence-electron chi connectivity index (χ4n) is 0.901. The van der Waals surface area contributed by atoms with Gasteiger partial charge in [-0.25, -0.2) is 4.79 Å². The molecule has 0 radical (unpaired) electrons. The molecule has 0 aromatic rings. The van der Waals surface area contributed by atoms with Crippen LogP contribution in [0.15, 0.2) is 12.0 Å². The van der Waals surface area contributed by atoms with Crippen molar-refractivity contribution in [3.63, 3.8) is 0 Å². The van der Waals surface area contributed by atoms with Crippen molar-refractivity contribution < 1.29 is 19.0 Å². The summed E-state index contributed by atoms with van der Waals surface area (Å²) in [6, 6.07) is 0. The molecule has 0 aromatic heterocycles. The highest BCUT2D eigenvalue weighted by Gasteiger charge is 2.27. The molecule has 1 rings (SSSR count). The van der Waals surface area contributed by atoms with Crippen LogP contribution in [0, 0.1) is 5.92 Å². The average Bonchev–Trinajstić information content (AvgIpc) is 2.52. The number of rotatable bonds is 3. The Hall–Kier alpha value is -1.19. The minimum absolute atomic E-state index is 0.153. The van der Waals surface area contributed by atoms with Crippen molar-refractivity contribution in [1.29, 1.82) is 0 Å². The molecule has 4 heteroatoms. The molecule has 0 fully saturated rings. The second kappa shape index (κ2) is 4.16. The van der Waals surface area contributed by atoms with Crippen LogP contribution in [-0.4, -0.2) is 18.9 Å². The Balaban J connectivity index is 2.44. The van der Waals surface area contributed by atoms with Crippen molar-refractivity contribution >= 4 is 5.97 Å². The van der Waals surface area contributed by atoms with Crippen LogP contribution in [0.5, 0.6) is 0 Å². The molecule has 0 N–H and O–H groups in total. The standard InChI is InChI=1S/C9H14O4/c1-4-11-8(10)7-5-12-9(13-7)6(2)3/h5-6,9H,4H2,1-3H3. The van der Waals surface area contributed by atoms with Gasteiger partial charge in [0.15, 0.2) is 0 Å². The van der Waals surface area contributed by atoms with Crippen molar-refractivity contribution in [2.24, 2.45) is 5.92 Å². The van der Waals surface area contributed by atoms with Gasteiger partial charge in [-0.15, -0.1) is 0 Å². The van der Waals surface area contributed by atoms with Crippen molar-refractivity contribution in [2.45, 2.75) is 27.1 Å². The minimum atomic E-state index is -0.467. The highest BCUT2D eigenvalue weighted by molar-refractivity contribution is 5.86. The zero-order valence-corrected chi connectivity index (χ0v) is 8.07. The Morgan fingerprint density at radius 2 is 2.38 bits per heavy atom. The Morgan fingerprint density at radius 1 is 1.69 bits per heavy atom. The van der Waals surface area contributed by atoms with Gasteiger partial charge in [0.1, 0.15) is 6.26 Å². The highest BCUT2D eigenvalue weighted by Crippen LogP contribution is 2.20. The number of hydrogen-bond acceptors (Lipinski definition) is 4. The maximum Gasteiger partial charge on any atom is 0.377 e. The zero-order chi connectivity index (χ0) is 9.84. The Labute approximate surface area is 77.5 Å². The average molecular weight is 186 g/mol. The molecule has 74 valence electrons. The summed E-state index contributed by atoms with van der Waals surface area (Å²) in [6.45, 7) is 5.99. The van der Waals surface area contributed by atoms with Gasteiger partial charge in [-0.1, -0.05) is 13.8 Å². The van der Waals surface area contributed by atoms with Gasteiger partial charge in [-0.05, 0) is 6.92 Å². The second-order valence-corrected chi connectivity index (χ2v) is 3.07. The van der Waals surface area contributed by atoms with Crippen LogP contribution < -0.4 is 0 Å². The van der Waals surface area contributed by atoms with E-state index in [0.29, 0.717) is 6.61 Å². The van der Waals surface area contributed by atoms with Gasteiger partial charge in [-0.2, -0.15) is 0 Å². The summed E-state index contributed by atoms with van der Waals surface area (Å²) in [6.07, 6.45) is 0.947. The molecule has 1 atom stereocenters. The lowest BCUT2D eigenvalue weighted by atomic mass is 10.2. The van der Waals surface area contributed by atoms with Crippen molar-refractivity contribution in [3.05, 3.63) is 12.0 Å². The first kappa shape index (κ1) is 9.89. The smallest absolute Gasteiger partial charge is 0.377 e. The van der Waals surface area contributed by atoms with Crippen LogP contribution in [0.25, 0.3) is 0 Å². The lowest BCUT2D eigenvalue weighted by Gasteiger charge is -2.14. The Morgan fingerprint density at radius 3 is 2.85 bits per heavy atom. The van der Waals surface area contributed by atoms with E-state index in [0.717, 1.165) is 0 Å². The Bertz CT molecular complexity index is 220. The summed E-state index contributed by atoms with van der Waals surface area (Å²) in [5.74, 6) is -0.102. The molecule has 0 saturated heterocycles. The normalized spacial score (nSPS) is 20.6. The molecule has 1 aliphatic rings. The van der Waals surface area contributed by atoms with E-state index in [1.807, 2.05) is 13.8 Å². The van der Waals surface area contributed by atoms with Gasteiger partial charge in [0.05, 0.1) is 6.61 Å². The van der Waals surface area contributed by atoms with E-state index in [-0.39, 0.29) is 18.0 Å². The third-order valence-corrected chi connectivity index (χ3v) is 1.57. The number of carbonyl (C=O) groups is 1. The van der Waals surface area contributed by atoms with E-state index in [2.05, 4.69) is 0 Å². The molecule has 1 aliphatic heterocycles. The van der Waals surface area contributed by atoms with E-state index in [4.69, 9.17) is 14.2 Å². The van der Waals surface area contributed by atoms with Gasteiger partial charge in [0.25, 0.3) is 0 Å². The molecular formula is C9H14O4. The second-order valence-electron chi connectivity index (χ2n) is 3.07. The maximum atomic E-state index is 11.1. The van der Waals surface area contributed by atoms with Crippen LogP contribution in [0.3, 0.4) is 0 Å². The third kappa shape index (κ3) is 2.37. The predicted molar refractivity (Wildman–Crippen MR) is 45.5 cm³/mol. The molecule has 0 bridgehead atoms. The number of hydrogen-bond donors (Lipinski definition) is 0. The first-order valence-electron chi connectivity index (χ1n) is 4.34. The molecule has 0 spiro atoms. The molecule has 0 saturated carbocycles. The number of ether oxygens (including phenoxy) is 3. The molecule has 0 aliphatic carbocycles. The van der Waals surface area contributed by atoms with Gasteiger partial charge in [0, 0.05) is 5.92 Å². The fraction of sp³-hybridized carbons (Fsp3) is 0.667. The summed E-state index contributed by atoms with van der Waals surface area (Å²) < 4.78 is 15.1. The van der Waals surface area contributed by atoms with Gasteiger partial charge in [-0.3, -0.25) is 0 Å². The number of carbonyl (C=O) groups excluding carboxylic acids is 1. The lowest BCUT2D eigenvalue weighted by molar-refractivity contribution is -0.146. The molecule has 1 unspecified atom stereocenters. The number of esters is 1. The SMILES string of the molecule is CCOC(=O)C1=COC(C(C)C)O1. The van der Waals surface area contributed by atoms with Crippen LogP contribution in [-0.2, 0) is 19.0 Å². The van der Waals surface area contributed by atoms with E-state index >= 15 is 0 Å². The first-order valence-corrected chi connectivity index (χ1v) is 4.34. The summed E-state index contributed by atoms with van der Waals surface area (Å²) in [5, 5.41) is 0. The highest BCUT2D eigenvalue weighted by atomic mass is 16.7. The van der Waals surface area contributed by atoms with Gasteiger partial charge in [0.2, 0.25) is 12.0 Å². The van der Waals surface area contributed by atoms with Crippen LogP contribution in [0.2, 0.25) is 0 Å². The maximum absolute atomic E-state index is 11.1. The van der Waals surface area contributed by atoms with Crippen LogP contribution in [0.4, 0.5) is 0 Å². The van der Waals surface area contributed by atoms with Crippen LogP contribution in [0.1, 0.15) is 20.8 Å². The van der Waals surface area contributed by atoms with E-state index < -0.39 is 5.97 Å². The predicted octanol–water partition coefficient (Wildman–Crippen LogP) is 1.42. The van der Waals surface area contributed by atoms with Gasteiger partial charge < -0.3 is 14.2 Å². The molecule has 0 amide bonds. The quantitative estimate of drug-likeness (QED) is 0.625. The molecule has 4 nitrogen and oxygen atoms in total.